The van der Waals surface area contributed by atoms with E-state index in [0.29, 0.717) is 17.1 Å². The quantitative estimate of drug-likeness (QED) is 0.613. The van der Waals surface area contributed by atoms with Gasteiger partial charge in [-0.1, -0.05) is 25.7 Å². The first-order chi connectivity index (χ1) is 13.6. The highest BCUT2D eigenvalue weighted by atomic mass is 16.7. The van der Waals surface area contributed by atoms with Crippen LogP contribution in [0.5, 0.6) is 11.5 Å². The van der Waals surface area contributed by atoms with Crippen LogP contribution in [0.25, 0.3) is 0 Å². The molecule has 0 bridgehead atoms. The van der Waals surface area contributed by atoms with Crippen LogP contribution in [0.15, 0.2) is 12.1 Å². The minimum atomic E-state index is -0.683. The van der Waals surface area contributed by atoms with Gasteiger partial charge >= 0.3 is 0 Å². The average molecular weight is 389 g/mol. The van der Waals surface area contributed by atoms with E-state index in [9.17, 15) is 14.9 Å². The van der Waals surface area contributed by atoms with E-state index in [4.69, 9.17) is 9.47 Å². The van der Waals surface area contributed by atoms with E-state index in [0.717, 1.165) is 58.0 Å². The Morgan fingerprint density at radius 2 is 1.71 bits per heavy atom. The molecule has 0 radical (unpaired) electrons. The third kappa shape index (κ3) is 3.92. The third-order valence-electron chi connectivity index (χ3n) is 5.97. The first kappa shape index (κ1) is 19.0. The first-order valence-corrected chi connectivity index (χ1v) is 10.3. The van der Waals surface area contributed by atoms with Gasteiger partial charge in [-0.3, -0.25) is 19.8 Å². The molecule has 8 nitrogen and oxygen atoms in total. The molecule has 1 N–H and O–H groups in total. The fourth-order valence-corrected chi connectivity index (χ4v) is 4.53. The van der Waals surface area contributed by atoms with Crippen molar-refractivity contribution in [3.05, 3.63) is 27.8 Å². The predicted octanol–water partition coefficient (Wildman–Crippen LogP) is 3.30. The molecule has 28 heavy (non-hydrogen) atoms. The standard InChI is InChI=1S/C20H27N3O5/c24-20(21-14-7-3-1-4-8-14)19(22-9-5-2-6-10-22)15-11-17-18(28-13-27-17)12-16(15)23(25)26/h11-12,14,19H,1-10,13H2,(H,21,24). The van der Waals surface area contributed by atoms with Crippen molar-refractivity contribution < 1.29 is 19.2 Å². The van der Waals surface area contributed by atoms with Crippen LogP contribution in [-0.2, 0) is 4.79 Å². The van der Waals surface area contributed by atoms with Crippen LogP contribution in [0.1, 0.15) is 63.0 Å². The monoisotopic (exact) mass is 389 g/mol. The zero-order chi connectivity index (χ0) is 19.5. The number of carbonyl (C=O) groups excluding carboxylic acids is 1. The van der Waals surface area contributed by atoms with Gasteiger partial charge in [-0.25, -0.2) is 0 Å². The van der Waals surface area contributed by atoms with Crippen LogP contribution in [-0.4, -0.2) is 41.7 Å². The largest absolute Gasteiger partial charge is 0.454 e. The summed E-state index contributed by atoms with van der Waals surface area (Å²) in [5.74, 6) is 0.685. The number of hydrogen-bond donors (Lipinski definition) is 1. The topological polar surface area (TPSA) is 93.9 Å². The number of ether oxygens (including phenoxy) is 2. The maximum Gasteiger partial charge on any atom is 0.278 e. The van der Waals surface area contributed by atoms with Gasteiger partial charge in [-0.2, -0.15) is 0 Å². The van der Waals surface area contributed by atoms with Crippen molar-refractivity contribution in [3.63, 3.8) is 0 Å². The Bertz CT molecular complexity index is 742. The molecule has 0 spiro atoms. The number of piperidine rings is 1. The highest BCUT2D eigenvalue weighted by molar-refractivity contribution is 5.85. The molecule has 8 heteroatoms. The highest BCUT2D eigenvalue weighted by Crippen LogP contribution is 2.42. The summed E-state index contributed by atoms with van der Waals surface area (Å²) >= 11 is 0. The molecule has 2 aliphatic heterocycles. The number of likely N-dealkylation sites (tertiary alicyclic amines) is 1. The van der Waals surface area contributed by atoms with Crippen LogP contribution < -0.4 is 14.8 Å². The van der Waals surface area contributed by atoms with E-state index < -0.39 is 11.0 Å². The number of rotatable bonds is 5. The number of amides is 1. The zero-order valence-corrected chi connectivity index (χ0v) is 16.0. The fraction of sp³-hybridized carbons (Fsp3) is 0.650. The van der Waals surface area contributed by atoms with E-state index in [2.05, 4.69) is 10.2 Å². The number of benzene rings is 1. The Kier molecular flexibility index (Phi) is 5.66. The fourth-order valence-electron chi connectivity index (χ4n) is 4.53. The summed E-state index contributed by atoms with van der Waals surface area (Å²) in [6, 6.07) is 2.49. The van der Waals surface area contributed by atoms with Gasteiger partial charge < -0.3 is 14.8 Å². The summed E-state index contributed by atoms with van der Waals surface area (Å²) < 4.78 is 10.8. The van der Waals surface area contributed by atoms with Crippen molar-refractivity contribution in [2.45, 2.75) is 63.5 Å². The maximum absolute atomic E-state index is 13.3. The summed E-state index contributed by atoms with van der Waals surface area (Å²) in [5.41, 5.74) is 0.308. The molecule has 1 aromatic carbocycles. The zero-order valence-electron chi connectivity index (χ0n) is 16.0. The van der Waals surface area contributed by atoms with Crippen molar-refractivity contribution in [1.29, 1.82) is 0 Å². The number of carbonyl (C=O) groups is 1. The Balaban J connectivity index is 1.68. The van der Waals surface area contributed by atoms with E-state index in [1.165, 1.54) is 12.5 Å². The van der Waals surface area contributed by atoms with Crippen LogP contribution in [0.4, 0.5) is 5.69 Å². The van der Waals surface area contributed by atoms with E-state index >= 15 is 0 Å². The van der Waals surface area contributed by atoms with Gasteiger partial charge in [0, 0.05) is 6.04 Å². The first-order valence-electron chi connectivity index (χ1n) is 10.3. The lowest BCUT2D eigenvalue weighted by molar-refractivity contribution is -0.386. The molecule has 2 fully saturated rings. The lowest BCUT2D eigenvalue weighted by Gasteiger charge is -2.35. The van der Waals surface area contributed by atoms with Crippen LogP contribution in [0.2, 0.25) is 0 Å². The molecule has 1 amide bonds. The van der Waals surface area contributed by atoms with E-state index in [-0.39, 0.29) is 24.4 Å². The van der Waals surface area contributed by atoms with E-state index in [1.54, 1.807) is 6.07 Å². The molecular weight excluding hydrogens is 362 g/mol. The van der Waals surface area contributed by atoms with Gasteiger partial charge in [0.1, 0.15) is 6.04 Å². The molecule has 1 aromatic rings. The molecule has 3 aliphatic rings. The van der Waals surface area contributed by atoms with Crippen LogP contribution in [0.3, 0.4) is 0 Å². The van der Waals surface area contributed by atoms with Gasteiger partial charge in [0.2, 0.25) is 12.7 Å². The lowest BCUT2D eigenvalue weighted by atomic mass is 9.94. The SMILES string of the molecule is O=C(NC1CCCCC1)C(c1cc2c(cc1[N+](=O)[O-])OCO2)N1CCCCC1. The molecular formula is C20H27N3O5. The molecule has 1 atom stereocenters. The van der Waals surface area contributed by atoms with Crippen molar-refractivity contribution in [1.82, 2.24) is 10.2 Å². The van der Waals surface area contributed by atoms with Crippen molar-refractivity contribution >= 4 is 11.6 Å². The third-order valence-corrected chi connectivity index (χ3v) is 5.97. The number of nitrogens with one attached hydrogen (secondary N) is 1. The molecule has 1 saturated carbocycles. The van der Waals surface area contributed by atoms with Crippen molar-refractivity contribution in [2.75, 3.05) is 19.9 Å². The molecule has 152 valence electrons. The van der Waals surface area contributed by atoms with Gasteiger partial charge in [0.05, 0.1) is 16.6 Å². The average Bonchev–Trinajstić information content (AvgIpc) is 3.16. The summed E-state index contributed by atoms with van der Waals surface area (Å²) in [5, 5.41) is 15.0. The Labute approximate surface area is 164 Å². The summed E-state index contributed by atoms with van der Waals surface area (Å²) in [6.45, 7) is 1.56. The molecule has 0 aromatic heterocycles. The number of hydrogen-bond acceptors (Lipinski definition) is 6. The van der Waals surface area contributed by atoms with Gasteiger partial charge in [0.25, 0.3) is 5.69 Å². The molecule has 1 saturated heterocycles. The molecule has 1 unspecified atom stereocenters. The van der Waals surface area contributed by atoms with Crippen molar-refractivity contribution in [2.24, 2.45) is 0 Å². The van der Waals surface area contributed by atoms with Crippen molar-refractivity contribution in [3.8, 4) is 11.5 Å². The lowest BCUT2D eigenvalue weighted by Crippen LogP contribution is -2.46. The summed E-state index contributed by atoms with van der Waals surface area (Å²) in [6.07, 6.45) is 8.49. The number of nitrogens with zero attached hydrogens (tertiary/aromatic N) is 2. The second-order valence-electron chi connectivity index (χ2n) is 7.86. The minimum absolute atomic E-state index is 0.0403. The highest BCUT2D eigenvalue weighted by Gasteiger charge is 2.37. The Hall–Kier alpha value is -2.35. The number of nitro groups is 1. The predicted molar refractivity (Wildman–Crippen MR) is 102 cm³/mol. The smallest absolute Gasteiger partial charge is 0.278 e. The number of nitro benzene ring substituents is 1. The van der Waals surface area contributed by atoms with Gasteiger partial charge in [-0.15, -0.1) is 0 Å². The summed E-state index contributed by atoms with van der Waals surface area (Å²) in [7, 11) is 0. The van der Waals surface area contributed by atoms with Crippen LogP contribution >= 0.6 is 0 Å². The second kappa shape index (κ2) is 8.34. The second-order valence-corrected chi connectivity index (χ2v) is 7.86. The van der Waals surface area contributed by atoms with E-state index in [1.807, 2.05) is 0 Å². The van der Waals surface area contributed by atoms with Gasteiger partial charge in [-0.05, 0) is 44.8 Å². The normalized spacial score (nSPS) is 21.3. The Morgan fingerprint density at radius 1 is 1.07 bits per heavy atom. The Morgan fingerprint density at radius 3 is 2.39 bits per heavy atom. The van der Waals surface area contributed by atoms with Crippen LogP contribution in [0, 0.1) is 10.1 Å². The minimum Gasteiger partial charge on any atom is -0.454 e. The summed E-state index contributed by atoms with van der Waals surface area (Å²) in [4.78, 5) is 26.8. The molecule has 2 heterocycles. The molecule has 1 aliphatic carbocycles. The number of fused-ring (bicyclic) bond motifs is 1. The van der Waals surface area contributed by atoms with Gasteiger partial charge in [0.15, 0.2) is 11.5 Å². The molecule has 4 rings (SSSR count). The maximum atomic E-state index is 13.3.